The lowest BCUT2D eigenvalue weighted by Gasteiger charge is -2.16. The van der Waals surface area contributed by atoms with Crippen molar-refractivity contribution in [3.05, 3.63) is 0 Å². The van der Waals surface area contributed by atoms with Crippen LogP contribution in [0.5, 0.6) is 0 Å². The smallest absolute Gasteiger partial charge is 0.328 e. The lowest BCUT2D eigenvalue weighted by Crippen LogP contribution is -2.42. The number of amides is 1. The number of ether oxygens (including phenoxy) is 1. The summed E-state index contributed by atoms with van der Waals surface area (Å²) in [7, 11) is 0. The van der Waals surface area contributed by atoms with E-state index in [2.05, 4.69) is 12.2 Å². The molecule has 1 atom stereocenters. The Balaban J connectivity index is 3.83. The summed E-state index contributed by atoms with van der Waals surface area (Å²) in [5.74, 6) is 0.489. The average Bonchev–Trinajstić information content (AvgIpc) is 2.54. The molecule has 0 aromatic heterocycles. The molecule has 0 spiro atoms. The van der Waals surface area contributed by atoms with Gasteiger partial charge in [-0.05, 0) is 31.8 Å². The van der Waals surface area contributed by atoms with Gasteiger partial charge in [-0.3, -0.25) is 4.79 Å². The molecular weight excluding hydrogens is 310 g/mol. The first-order valence-corrected chi connectivity index (χ1v) is 10.5. The normalized spacial score (nSPS) is 12.0. The van der Waals surface area contributed by atoms with Gasteiger partial charge >= 0.3 is 5.97 Å². The zero-order chi connectivity index (χ0) is 17.3. The van der Waals surface area contributed by atoms with Crippen LogP contribution in [-0.2, 0) is 14.3 Å². The minimum atomic E-state index is -0.496. The molecule has 0 aliphatic heterocycles. The Labute approximate surface area is 146 Å². The molecule has 0 aromatic carbocycles. The second-order valence-electron chi connectivity index (χ2n) is 5.88. The zero-order valence-electron chi connectivity index (χ0n) is 15.2. The summed E-state index contributed by atoms with van der Waals surface area (Å²) in [6.45, 7) is 4.36. The molecule has 1 amide bonds. The summed E-state index contributed by atoms with van der Waals surface area (Å²) in [5, 5.41) is 2.83. The maximum atomic E-state index is 12.0. The van der Waals surface area contributed by atoms with Crippen molar-refractivity contribution in [1.29, 1.82) is 0 Å². The van der Waals surface area contributed by atoms with Crippen molar-refractivity contribution < 1.29 is 14.3 Å². The lowest BCUT2D eigenvalue weighted by molar-refractivity contribution is -0.147. The van der Waals surface area contributed by atoms with E-state index in [0.717, 1.165) is 18.6 Å². The SMILES string of the molecule is CCCCCCCCCCC(=O)NC(CCSC)C(=O)OCC. The third kappa shape index (κ3) is 13.4. The van der Waals surface area contributed by atoms with E-state index < -0.39 is 6.04 Å². The maximum Gasteiger partial charge on any atom is 0.328 e. The Morgan fingerprint density at radius 1 is 1.00 bits per heavy atom. The molecule has 0 saturated heterocycles. The maximum absolute atomic E-state index is 12.0. The van der Waals surface area contributed by atoms with E-state index in [4.69, 9.17) is 4.74 Å². The molecule has 0 bridgehead atoms. The van der Waals surface area contributed by atoms with Crippen molar-refractivity contribution in [2.24, 2.45) is 0 Å². The Kier molecular flexibility index (Phi) is 15.7. The summed E-state index contributed by atoms with van der Waals surface area (Å²) in [4.78, 5) is 23.8. The molecule has 23 heavy (non-hydrogen) atoms. The second kappa shape index (κ2) is 16.2. The van der Waals surface area contributed by atoms with Crippen LogP contribution in [-0.4, -0.2) is 36.5 Å². The molecule has 0 aliphatic rings. The molecule has 136 valence electrons. The molecule has 1 N–H and O–H groups in total. The molecular formula is C18H35NO3S. The van der Waals surface area contributed by atoms with Crippen molar-refractivity contribution in [3.8, 4) is 0 Å². The largest absolute Gasteiger partial charge is 0.464 e. The van der Waals surface area contributed by atoms with E-state index in [1.54, 1.807) is 18.7 Å². The van der Waals surface area contributed by atoms with Gasteiger partial charge < -0.3 is 10.1 Å². The number of nitrogens with one attached hydrogen (secondary N) is 1. The topological polar surface area (TPSA) is 55.4 Å². The number of rotatable bonds is 15. The molecule has 0 heterocycles. The number of thioether (sulfide) groups is 1. The molecule has 0 saturated carbocycles. The van der Waals surface area contributed by atoms with Crippen LogP contribution in [0.4, 0.5) is 0 Å². The van der Waals surface area contributed by atoms with Crippen LogP contribution in [0, 0.1) is 0 Å². The van der Waals surface area contributed by atoms with Crippen molar-refractivity contribution in [2.45, 2.75) is 84.1 Å². The zero-order valence-corrected chi connectivity index (χ0v) is 16.0. The number of unbranched alkanes of at least 4 members (excludes halogenated alkanes) is 7. The van der Waals surface area contributed by atoms with Gasteiger partial charge in [0.15, 0.2) is 0 Å². The Morgan fingerprint density at radius 3 is 2.17 bits per heavy atom. The summed E-state index contributed by atoms with van der Waals surface area (Å²) < 4.78 is 5.03. The van der Waals surface area contributed by atoms with E-state index in [-0.39, 0.29) is 11.9 Å². The Hall–Kier alpha value is -0.710. The molecule has 0 fully saturated rings. The lowest BCUT2D eigenvalue weighted by atomic mass is 10.1. The second-order valence-corrected chi connectivity index (χ2v) is 6.86. The summed E-state index contributed by atoms with van der Waals surface area (Å²) in [6.07, 6.45) is 12.8. The van der Waals surface area contributed by atoms with Crippen LogP contribution in [0.15, 0.2) is 0 Å². The predicted molar refractivity (Wildman–Crippen MR) is 98.8 cm³/mol. The Bertz CT molecular complexity index is 311. The standard InChI is InChI=1S/C18H35NO3S/c1-4-6-7-8-9-10-11-12-13-17(20)19-16(14-15-23-3)18(21)22-5-2/h16H,4-15H2,1-3H3,(H,19,20). The van der Waals surface area contributed by atoms with Crippen molar-refractivity contribution in [3.63, 3.8) is 0 Å². The van der Waals surface area contributed by atoms with Gasteiger partial charge in [0.25, 0.3) is 0 Å². The van der Waals surface area contributed by atoms with E-state index in [1.165, 1.54) is 38.5 Å². The van der Waals surface area contributed by atoms with Gasteiger partial charge in [0.2, 0.25) is 5.91 Å². The van der Waals surface area contributed by atoms with Crippen molar-refractivity contribution in [1.82, 2.24) is 5.32 Å². The van der Waals surface area contributed by atoms with E-state index in [1.807, 2.05) is 6.26 Å². The molecule has 0 rings (SSSR count). The number of carbonyl (C=O) groups is 2. The van der Waals surface area contributed by atoms with E-state index in [9.17, 15) is 9.59 Å². The first-order valence-electron chi connectivity index (χ1n) is 9.10. The average molecular weight is 346 g/mol. The van der Waals surface area contributed by atoms with Gasteiger partial charge in [-0.25, -0.2) is 4.79 Å². The molecule has 4 nitrogen and oxygen atoms in total. The monoisotopic (exact) mass is 345 g/mol. The Morgan fingerprint density at radius 2 is 1.61 bits per heavy atom. The number of hydrogen-bond acceptors (Lipinski definition) is 4. The summed E-state index contributed by atoms with van der Waals surface area (Å²) in [5.41, 5.74) is 0. The highest BCUT2D eigenvalue weighted by Crippen LogP contribution is 2.10. The van der Waals surface area contributed by atoms with Crippen LogP contribution in [0.1, 0.15) is 78.1 Å². The quantitative estimate of drug-likeness (QED) is 0.355. The third-order valence-corrected chi connectivity index (χ3v) is 4.42. The van der Waals surface area contributed by atoms with Crippen LogP contribution in [0.2, 0.25) is 0 Å². The van der Waals surface area contributed by atoms with Gasteiger partial charge in [0.1, 0.15) is 6.04 Å². The van der Waals surface area contributed by atoms with Gasteiger partial charge in [-0.15, -0.1) is 0 Å². The van der Waals surface area contributed by atoms with Gasteiger partial charge in [0.05, 0.1) is 6.61 Å². The van der Waals surface area contributed by atoms with Crippen LogP contribution in [0.3, 0.4) is 0 Å². The third-order valence-electron chi connectivity index (χ3n) is 3.77. The highest BCUT2D eigenvalue weighted by molar-refractivity contribution is 7.98. The first kappa shape index (κ1) is 22.3. The molecule has 1 unspecified atom stereocenters. The van der Waals surface area contributed by atoms with Crippen LogP contribution >= 0.6 is 11.8 Å². The number of esters is 1. The number of hydrogen-bond donors (Lipinski definition) is 1. The van der Waals surface area contributed by atoms with Gasteiger partial charge in [-0.2, -0.15) is 11.8 Å². The van der Waals surface area contributed by atoms with Crippen molar-refractivity contribution in [2.75, 3.05) is 18.6 Å². The van der Waals surface area contributed by atoms with Crippen LogP contribution < -0.4 is 5.32 Å². The van der Waals surface area contributed by atoms with E-state index in [0.29, 0.717) is 19.4 Å². The predicted octanol–water partition coefficient (Wildman–Crippen LogP) is 4.32. The molecule has 5 heteroatoms. The molecule has 0 radical (unpaired) electrons. The fourth-order valence-corrected chi connectivity index (χ4v) is 2.88. The summed E-state index contributed by atoms with van der Waals surface area (Å²) in [6, 6.07) is -0.496. The summed E-state index contributed by atoms with van der Waals surface area (Å²) >= 11 is 1.67. The minimum Gasteiger partial charge on any atom is -0.464 e. The van der Waals surface area contributed by atoms with Crippen LogP contribution in [0.25, 0.3) is 0 Å². The fourth-order valence-electron chi connectivity index (χ4n) is 2.41. The molecule has 0 aliphatic carbocycles. The first-order chi connectivity index (χ1) is 11.2. The minimum absolute atomic E-state index is 0.0323. The highest BCUT2D eigenvalue weighted by atomic mass is 32.2. The van der Waals surface area contributed by atoms with E-state index >= 15 is 0 Å². The molecule has 0 aromatic rings. The van der Waals surface area contributed by atoms with Crippen molar-refractivity contribution >= 4 is 23.6 Å². The number of carbonyl (C=O) groups excluding carboxylic acids is 2. The van der Waals surface area contributed by atoms with Gasteiger partial charge in [0, 0.05) is 6.42 Å². The fraction of sp³-hybridized carbons (Fsp3) is 0.889. The highest BCUT2D eigenvalue weighted by Gasteiger charge is 2.21. The van der Waals surface area contributed by atoms with Gasteiger partial charge in [-0.1, -0.05) is 51.9 Å².